The van der Waals surface area contributed by atoms with Crippen molar-refractivity contribution in [2.45, 2.75) is 13.8 Å². The zero-order valence-corrected chi connectivity index (χ0v) is 12.9. The number of carbonyl (C=O) groups excluding carboxylic acids is 2. The van der Waals surface area contributed by atoms with E-state index in [0.29, 0.717) is 23.1 Å². The summed E-state index contributed by atoms with van der Waals surface area (Å²) < 4.78 is 9.66. The van der Waals surface area contributed by atoms with Crippen LogP contribution in [0.2, 0.25) is 0 Å². The van der Waals surface area contributed by atoms with Gasteiger partial charge >= 0.3 is 11.9 Å². The number of aromatic amines is 1. The first-order valence-corrected chi connectivity index (χ1v) is 7.24. The lowest BCUT2D eigenvalue weighted by atomic mass is 10.1. The van der Waals surface area contributed by atoms with Crippen molar-refractivity contribution in [2.75, 3.05) is 13.2 Å². The molecule has 1 heterocycles. The molecule has 0 radical (unpaired) electrons. The monoisotopic (exact) mass is 315 g/mol. The van der Waals surface area contributed by atoms with Crippen molar-refractivity contribution in [1.82, 2.24) is 4.98 Å². The smallest absolute Gasteiger partial charge is 0.343 e. The Morgan fingerprint density at radius 1 is 1.17 bits per heavy atom. The fourth-order valence-corrected chi connectivity index (χ4v) is 2.05. The van der Waals surface area contributed by atoms with Gasteiger partial charge in [0, 0.05) is 23.2 Å². The van der Waals surface area contributed by atoms with Crippen molar-refractivity contribution < 1.29 is 19.1 Å². The summed E-state index contributed by atoms with van der Waals surface area (Å²) in [5, 5.41) is 0.349. The van der Waals surface area contributed by atoms with Gasteiger partial charge in [0.25, 0.3) is 0 Å². The molecule has 0 aliphatic carbocycles. The Kier molecular flexibility index (Phi) is 5.30. The van der Waals surface area contributed by atoms with E-state index in [2.05, 4.69) is 4.98 Å². The van der Waals surface area contributed by atoms with Crippen LogP contribution in [0, 0.1) is 0 Å². The van der Waals surface area contributed by atoms with E-state index in [1.165, 1.54) is 12.3 Å². The molecule has 0 aliphatic heterocycles. The highest BCUT2D eigenvalue weighted by molar-refractivity contribution is 5.94. The maximum Gasteiger partial charge on any atom is 0.343 e. The lowest BCUT2D eigenvalue weighted by Crippen LogP contribution is -2.18. The molecule has 2 rings (SSSR count). The van der Waals surface area contributed by atoms with E-state index in [1.807, 2.05) is 0 Å². The molecular weight excluding hydrogens is 298 g/mol. The Labute approximate surface area is 132 Å². The van der Waals surface area contributed by atoms with Crippen molar-refractivity contribution in [2.24, 2.45) is 0 Å². The maximum atomic E-state index is 12.4. The van der Waals surface area contributed by atoms with Gasteiger partial charge in [-0.2, -0.15) is 0 Å². The topological polar surface area (TPSA) is 85.5 Å². The third-order valence-electron chi connectivity index (χ3n) is 3.10. The average Bonchev–Trinajstić information content (AvgIpc) is 2.54. The van der Waals surface area contributed by atoms with E-state index in [1.54, 1.807) is 38.1 Å². The number of hydrogen-bond donors (Lipinski definition) is 1. The maximum absolute atomic E-state index is 12.4. The molecule has 2 aromatic rings. The van der Waals surface area contributed by atoms with Crippen LogP contribution < -0.4 is 5.43 Å². The Balaban J connectivity index is 2.41. The largest absolute Gasteiger partial charge is 0.463 e. The minimum Gasteiger partial charge on any atom is -0.463 e. The first kappa shape index (κ1) is 16.5. The fourth-order valence-electron chi connectivity index (χ4n) is 2.05. The molecule has 23 heavy (non-hydrogen) atoms. The number of aromatic nitrogens is 1. The van der Waals surface area contributed by atoms with Gasteiger partial charge in [-0.05, 0) is 37.6 Å². The summed E-state index contributed by atoms with van der Waals surface area (Å²) in [6, 6.07) is 5.06. The lowest BCUT2D eigenvalue weighted by molar-refractivity contribution is -0.137. The zero-order chi connectivity index (χ0) is 16.8. The van der Waals surface area contributed by atoms with Crippen LogP contribution in [0.3, 0.4) is 0 Å². The van der Waals surface area contributed by atoms with Crippen molar-refractivity contribution in [3.8, 4) is 0 Å². The van der Waals surface area contributed by atoms with E-state index < -0.39 is 17.4 Å². The number of benzene rings is 1. The third-order valence-corrected chi connectivity index (χ3v) is 3.10. The molecule has 0 saturated heterocycles. The Morgan fingerprint density at radius 3 is 2.61 bits per heavy atom. The van der Waals surface area contributed by atoms with Gasteiger partial charge in [0.05, 0.1) is 13.2 Å². The third kappa shape index (κ3) is 3.85. The van der Waals surface area contributed by atoms with E-state index in [4.69, 9.17) is 9.47 Å². The standard InChI is InChI=1S/C17H17NO5/c1-3-22-15(19)8-6-11-5-7-14-12(9-11)16(20)13(10-18-14)17(21)23-4-2/h5-10H,3-4H2,1-2H3,(H,18,20). The summed E-state index contributed by atoms with van der Waals surface area (Å²) in [7, 11) is 0. The molecule has 1 N–H and O–H groups in total. The molecule has 6 nitrogen and oxygen atoms in total. The number of hydrogen-bond acceptors (Lipinski definition) is 5. The minimum atomic E-state index is -0.664. The minimum absolute atomic E-state index is 0.0501. The Bertz CT molecular complexity index is 819. The fraction of sp³-hybridized carbons (Fsp3) is 0.235. The summed E-state index contributed by atoms with van der Waals surface area (Å²) in [6.45, 7) is 3.88. The van der Waals surface area contributed by atoms with Crippen molar-refractivity contribution in [3.63, 3.8) is 0 Å². The van der Waals surface area contributed by atoms with Crippen molar-refractivity contribution in [1.29, 1.82) is 0 Å². The molecule has 1 aromatic carbocycles. The van der Waals surface area contributed by atoms with Gasteiger partial charge < -0.3 is 14.5 Å². The molecule has 0 aliphatic rings. The van der Waals surface area contributed by atoms with Gasteiger partial charge in [-0.3, -0.25) is 4.79 Å². The van der Waals surface area contributed by atoms with Crippen LogP contribution in [0.25, 0.3) is 17.0 Å². The summed E-state index contributed by atoms with van der Waals surface area (Å²) in [5.41, 5.74) is 0.780. The number of carbonyl (C=O) groups is 2. The van der Waals surface area contributed by atoms with Crippen molar-refractivity contribution in [3.05, 3.63) is 51.8 Å². The second-order valence-electron chi connectivity index (χ2n) is 4.64. The molecular formula is C17H17NO5. The van der Waals surface area contributed by atoms with Gasteiger partial charge in [-0.1, -0.05) is 6.07 Å². The quantitative estimate of drug-likeness (QED) is 0.676. The van der Waals surface area contributed by atoms with Crippen LogP contribution in [-0.2, 0) is 14.3 Å². The number of pyridine rings is 1. The van der Waals surface area contributed by atoms with E-state index >= 15 is 0 Å². The van der Waals surface area contributed by atoms with Crippen LogP contribution in [0.5, 0.6) is 0 Å². The average molecular weight is 315 g/mol. The molecule has 0 amide bonds. The van der Waals surface area contributed by atoms with Gasteiger partial charge in [-0.25, -0.2) is 9.59 Å². The SMILES string of the molecule is CCOC(=O)C=Cc1ccc2[nH]cc(C(=O)OCC)c(=O)c2c1. The molecule has 0 spiro atoms. The molecule has 6 heteroatoms. The lowest BCUT2D eigenvalue weighted by Gasteiger charge is -2.04. The van der Waals surface area contributed by atoms with Crippen LogP contribution in [0.4, 0.5) is 0 Å². The number of nitrogens with one attached hydrogen (secondary N) is 1. The predicted molar refractivity (Wildman–Crippen MR) is 86.2 cm³/mol. The summed E-state index contributed by atoms with van der Waals surface area (Å²) in [5.74, 6) is -1.12. The second kappa shape index (κ2) is 7.40. The first-order valence-electron chi connectivity index (χ1n) is 7.24. The highest BCUT2D eigenvalue weighted by Crippen LogP contribution is 2.13. The summed E-state index contributed by atoms with van der Waals surface area (Å²) >= 11 is 0. The van der Waals surface area contributed by atoms with E-state index in [-0.39, 0.29) is 12.2 Å². The highest BCUT2D eigenvalue weighted by Gasteiger charge is 2.13. The first-order chi connectivity index (χ1) is 11.1. The van der Waals surface area contributed by atoms with Gasteiger partial charge in [0.1, 0.15) is 5.56 Å². The zero-order valence-electron chi connectivity index (χ0n) is 12.9. The molecule has 0 fully saturated rings. The summed E-state index contributed by atoms with van der Waals surface area (Å²) in [6.07, 6.45) is 4.18. The number of ether oxygens (including phenoxy) is 2. The normalized spacial score (nSPS) is 10.9. The molecule has 0 atom stereocenters. The number of esters is 2. The Morgan fingerprint density at radius 2 is 1.91 bits per heavy atom. The van der Waals surface area contributed by atoms with Gasteiger partial charge in [-0.15, -0.1) is 0 Å². The molecule has 120 valence electrons. The molecule has 1 aromatic heterocycles. The second-order valence-corrected chi connectivity index (χ2v) is 4.64. The van der Waals surface area contributed by atoms with Crippen LogP contribution in [0.15, 0.2) is 35.3 Å². The molecule has 0 unspecified atom stereocenters. The number of rotatable bonds is 5. The van der Waals surface area contributed by atoms with E-state index in [0.717, 1.165) is 0 Å². The van der Waals surface area contributed by atoms with Crippen LogP contribution in [-0.4, -0.2) is 30.1 Å². The van der Waals surface area contributed by atoms with Gasteiger partial charge in [0.2, 0.25) is 5.43 Å². The van der Waals surface area contributed by atoms with Gasteiger partial charge in [0.15, 0.2) is 0 Å². The number of H-pyrrole nitrogens is 1. The van der Waals surface area contributed by atoms with Crippen molar-refractivity contribution >= 4 is 28.9 Å². The summed E-state index contributed by atoms with van der Waals surface area (Å²) in [4.78, 5) is 38.4. The molecule has 0 saturated carbocycles. The molecule has 0 bridgehead atoms. The van der Waals surface area contributed by atoms with Crippen LogP contribution in [0.1, 0.15) is 29.8 Å². The van der Waals surface area contributed by atoms with Crippen LogP contribution >= 0.6 is 0 Å². The Hall–Kier alpha value is -2.89. The van der Waals surface area contributed by atoms with E-state index in [9.17, 15) is 14.4 Å². The highest BCUT2D eigenvalue weighted by atomic mass is 16.5. The predicted octanol–water partition coefficient (Wildman–Crippen LogP) is 2.28. The number of fused-ring (bicyclic) bond motifs is 1.